The summed E-state index contributed by atoms with van der Waals surface area (Å²) in [6.07, 6.45) is -0.286. The van der Waals surface area contributed by atoms with E-state index in [9.17, 15) is 14.3 Å². The Morgan fingerprint density at radius 1 is 1.27 bits per heavy atom. The SMILES string of the molecule is CC(=O)N[C@]1(c2ccccc2)CCN(Cc2nnc(-c3cccc(F)c3)o2)C[C@H]1O. The molecule has 0 radical (unpaired) electrons. The smallest absolute Gasteiger partial charge is 0.247 e. The molecule has 0 aliphatic carbocycles. The maximum atomic E-state index is 13.4. The van der Waals surface area contributed by atoms with Crippen molar-refractivity contribution < 1.29 is 18.7 Å². The molecular formula is C22H23FN4O3. The van der Waals surface area contributed by atoms with Crippen LogP contribution in [0, 0.1) is 5.82 Å². The summed E-state index contributed by atoms with van der Waals surface area (Å²) in [4.78, 5) is 13.9. The van der Waals surface area contributed by atoms with Crippen LogP contribution in [0.2, 0.25) is 0 Å². The molecule has 2 N–H and O–H groups in total. The van der Waals surface area contributed by atoms with Gasteiger partial charge in [0.1, 0.15) is 5.82 Å². The minimum atomic E-state index is -0.842. The van der Waals surface area contributed by atoms with Crippen LogP contribution in [0.5, 0.6) is 0 Å². The van der Waals surface area contributed by atoms with Crippen molar-refractivity contribution >= 4 is 5.91 Å². The first-order chi connectivity index (χ1) is 14.5. The van der Waals surface area contributed by atoms with Crippen LogP contribution in [0.4, 0.5) is 4.39 Å². The quantitative estimate of drug-likeness (QED) is 0.672. The summed E-state index contributed by atoms with van der Waals surface area (Å²) in [5.74, 6) is 0.0664. The van der Waals surface area contributed by atoms with Crippen LogP contribution in [0.1, 0.15) is 24.8 Å². The Labute approximate surface area is 173 Å². The fraction of sp³-hybridized carbons (Fsp3) is 0.318. The highest BCUT2D eigenvalue weighted by atomic mass is 19.1. The fourth-order valence-corrected chi connectivity index (χ4v) is 3.99. The number of hydrogen-bond acceptors (Lipinski definition) is 6. The van der Waals surface area contributed by atoms with Crippen molar-refractivity contribution in [2.75, 3.05) is 13.1 Å². The summed E-state index contributed by atoms with van der Waals surface area (Å²) in [5.41, 5.74) is 0.547. The summed E-state index contributed by atoms with van der Waals surface area (Å²) >= 11 is 0. The second-order valence-corrected chi connectivity index (χ2v) is 7.53. The molecule has 0 unspecified atom stereocenters. The number of nitrogens with one attached hydrogen (secondary N) is 1. The Bertz CT molecular complexity index is 1030. The number of benzene rings is 2. The molecule has 1 amide bonds. The van der Waals surface area contributed by atoms with E-state index in [0.717, 1.165) is 5.56 Å². The largest absolute Gasteiger partial charge is 0.419 e. The number of likely N-dealkylation sites (tertiary alicyclic amines) is 1. The van der Waals surface area contributed by atoms with Crippen LogP contribution >= 0.6 is 0 Å². The van der Waals surface area contributed by atoms with Gasteiger partial charge in [0.25, 0.3) is 0 Å². The number of amides is 1. The van der Waals surface area contributed by atoms with Gasteiger partial charge in [0.05, 0.1) is 18.2 Å². The zero-order valence-corrected chi connectivity index (χ0v) is 16.6. The van der Waals surface area contributed by atoms with Gasteiger partial charge in [0.15, 0.2) is 0 Å². The van der Waals surface area contributed by atoms with Crippen LogP contribution < -0.4 is 5.32 Å². The number of piperidine rings is 1. The van der Waals surface area contributed by atoms with Gasteiger partial charge in [-0.3, -0.25) is 9.69 Å². The first-order valence-electron chi connectivity index (χ1n) is 9.79. The lowest BCUT2D eigenvalue weighted by atomic mass is 9.78. The van der Waals surface area contributed by atoms with Crippen molar-refractivity contribution in [3.05, 3.63) is 71.9 Å². The highest BCUT2D eigenvalue weighted by Crippen LogP contribution is 2.34. The molecule has 2 atom stereocenters. The lowest BCUT2D eigenvalue weighted by Crippen LogP contribution is -2.61. The standard InChI is InChI=1S/C22H23FN4O3/c1-15(28)24-22(17-7-3-2-4-8-17)10-11-27(13-19(22)29)14-20-25-26-21(30-20)16-6-5-9-18(23)12-16/h2-9,12,19,29H,10-11,13-14H2,1H3,(H,24,28)/t19-,22+/m1/s1. The zero-order chi connectivity index (χ0) is 21.1. The van der Waals surface area contributed by atoms with E-state index in [1.165, 1.54) is 19.1 Å². The van der Waals surface area contributed by atoms with Crippen LogP contribution in [-0.2, 0) is 16.9 Å². The molecule has 0 saturated carbocycles. The molecule has 7 nitrogen and oxygen atoms in total. The number of rotatable bonds is 5. The number of aliphatic hydroxyl groups excluding tert-OH is 1. The maximum absolute atomic E-state index is 13.4. The number of aliphatic hydroxyl groups is 1. The van der Waals surface area contributed by atoms with E-state index < -0.39 is 11.6 Å². The molecule has 1 aromatic heterocycles. The molecule has 0 spiro atoms. The topological polar surface area (TPSA) is 91.5 Å². The van der Waals surface area contributed by atoms with Crippen molar-refractivity contribution in [1.82, 2.24) is 20.4 Å². The lowest BCUT2D eigenvalue weighted by molar-refractivity contribution is -0.125. The molecule has 2 heterocycles. The Morgan fingerprint density at radius 2 is 2.07 bits per heavy atom. The van der Waals surface area contributed by atoms with E-state index in [2.05, 4.69) is 15.5 Å². The Hall–Kier alpha value is -3.10. The van der Waals surface area contributed by atoms with Crippen molar-refractivity contribution in [3.63, 3.8) is 0 Å². The molecular weight excluding hydrogens is 387 g/mol. The van der Waals surface area contributed by atoms with Gasteiger partial charge in [0.2, 0.25) is 17.7 Å². The molecule has 156 valence electrons. The fourth-order valence-electron chi connectivity index (χ4n) is 3.99. The van der Waals surface area contributed by atoms with Crippen LogP contribution in [0.3, 0.4) is 0 Å². The average molecular weight is 410 g/mol. The minimum Gasteiger partial charge on any atom is -0.419 e. The van der Waals surface area contributed by atoms with Crippen LogP contribution in [0.15, 0.2) is 59.0 Å². The van der Waals surface area contributed by atoms with Gasteiger partial charge in [0, 0.05) is 25.6 Å². The zero-order valence-electron chi connectivity index (χ0n) is 16.6. The van der Waals surface area contributed by atoms with E-state index in [1.54, 1.807) is 12.1 Å². The summed E-state index contributed by atoms with van der Waals surface area (Å²) in [6, 6.07) is 15.5. The van der Waals surface area contributed by atoms with Crippen LogP contribution in [-0.4, -0.2) is 45.3 Å². The number of carbonyl (C=O) groups excluding carboxylic acids is 1. The van der Waals surface area contributed by atoms with E-state index in [1.807, 2.05) is 35.2 Å². The third kappa shape index (κ3) is 4.10. The number of aromatic nitrogens is 2. The molecule has 1 fully saturated rings. The van der Waals surface area contributed by atoms with Gasteiger partial charge in [-0.05, 0) is 30.2 Å². The van der Waals surface area contributed by atoms with Gasteiger partial charge in [-0.2, -0.15) is 0 Å². The molecule has 30 heavy (non-hydrogen) atoms. The van der Waals surface area contributed by atoms with E-state index in [0.29, 0.717) is 37.5 Å². The summed E-state index contributed by atoms with van der Waals surface area (Å²) in [5, 5.41) is 22.0. The molecule has 1 aliphatic heterocycles. The minimum absolute atomic E-state index is 0.192. The summed E-state index contributed by atoms with van der Waals surface area (Å²) in [6.45, 7) is 2.75. The molecule has 1 saturated heterocycles. The third-order valence-corrected chi connectivity index (χ3v) is 5.41. The van der Waals surface area contributed by atoms with Crippen molar-refractivity contribution in [2.24, 2.45) is 0 Å². The second kappa shape index (κ2) is 8.33. The van der Waals surface area contributed by atoms with Crippen LogP contribution in [0.25, 0.3) is 11.5 Å². The van der Waals surface area contributed by atoms with E-state index >= 15 is 0 Å². The number of halogens is 1. The lowest BCUT2D eigenvalue weighted by Gasteiger charge is -2.46. The molecule has 3 aromatic rings. The summed E-state index contributed by atoms with van der Waals surface area (Å²) in [7, 11) is 0. The van der Waals surface area contributed by atoms with E-state index in [-0.39, 0.29) is 17.6 Å². The van der Waals surface area contributed by atoms with Crippen molar-refractivity contribution in [1.29, 1.82) is 0 Å². The number of nitrogens with zero attached hydrogens (tertiary/aromatic N) is 3. The van der Waals surface area contributed by atoms with Gasteiger partial charge >= 0.3 is 0 Å². The molecule has 0 bridgehead atoms. The van der Waals surface area contributed by atoms with Gasteiger partial charge < -0.3 is 14.8 Å². The molecule has 1 aliphatic rings. The van der Waals surface area contributed by atoms with Gasteiger partial charge in [-0.25, -0.2) is 4.39 Å². The van der Waals surface area contributed by atoms with Gasteiger partial charge in [-0.15, -0.1) is 10.2 Å². The predicted octanol–water partition coefficient (Wildman–Crippen LogP) is 2.47. The maximum Gasteiger partial charge on any atom is 0.247 e. The first kappa shape index (κ1) is 20.2. The van der Waals surface area contributed by atoms with Crippen molar-refractivity contribution in [3.8, 4) is 11.5 Å². The predicted molar refractivity (Wildman–Crippen MR) is 108 cm³/mol. The highest BCUT2D eigenvalue weighted by molar-refractivity contribution is 5.74. The molecule has 2 aromatic carbocycles. The third-order valence-electron chi connectivity index (χ3n) is 5.41. The molecule has 8 heteroatoms. The normalized spacial score (nSPS) is 22.0. The van der Waals surface area contributed by atoms with Gasteiger partial charge in [-0.1, -0.05) is 36.4 Å². The monoisotopic (exact) mass is 410 g/mol. The number of hydrogen-bond donors (Lipinski definition) is 2. The summed E-state index contributed by atoms with van der Waals surface area (Å²) < 4.78 is 19.1. The van der Waals surface area contributed by atoms with Crippen molar-refractivity contribution in [2.45, 2.75) is 31.5 Å². The Morgan fingerprint density at radius 3 is 2.77 bits per heavy atom. The average Bonchev–Trinajstić information content (AvgIpc) is 3.19. The number of carbonyl (C=O) groups is 1. The Balaban J connectivity index is 1.48. The first-order valence-corrected chi connectivity index (χ1v) is 9.79. The highest BCUT2D eigenvalue weighted by Gasteiger charge is 2.44. The van der Waals surface area contributed by atoms with E-state index in [4.69, 9.17) is 4.42 Å². The number of β-amino-alcohol motifs (C(OH)–C–C–N with tert-alkyl or cyclic N) is 1. The second-order valence-electron chi connectivity index (χ2n) is 7.53. The molecule has 4 rings (SSSR count). The Kier molecular flexibility index (Phi) is 5.61.